The fourth-order valence-electron chi connectivity index (χ4n) is 2.30. The first-order valence-corrected chi connectivity index (χ1v) is 6.16. The molecule has 2 unspecified atom stereocenters. The fourth-order valence-corrected chi connectivity index (χ4v) is 2.30. The summed E-state index contributed by atoms with van der Waals surface area (Å²) >= 11 is 0. The van der Waals surface area contributed by atoms with Crippen LogP contribution < -0.4 is 5.73 Å². The van der Waals surface area contributed by atoms with Gasteiger partial charge in [-0.1, -0.05) is 19.8 Å². The number of hydrogen-bond acceptors (Lipinski definition) is 4. The zero-order chi connectivity index (χ0) is 12.1. The van der Waals surface area contributed by atoms with Crippen LogP contribution in [0.2, 0.25) is 0 Å². The quantitative estimate of drug-likeness (QED) is 0.707. The molecule has 1 rings (SSSR count). The highest BCUT2D eigenvalue weighted by atomic mass is 16.5. The predicted molar refractivity (Wildman–Crippen MR) is 61.7 cm³/mol. The number of rotatable bonds is 4. The highest BCUT2D eigenvalue weighted by molar-refractivity contribution is 5.76. The molecule has 1 aliphatic rings. The van der Waals surface area contributed by atoms with E-state index in [2.05, 4.69) is 6.92 Å². The van der Waals surface area contributed by atoms with E-state index in [9.17, 15) is 9.90 Å². The second-order valence-electron chi connectivity index (χ2n) is 4.79. The van der Waals surface area contributed by atoms with Crippen molar-refractivity contribution < 1.29 is 14.6 Å². The summed E-state index contributed by atoms with van der Waals surface area (Å²) in [7, 11) is 0. The third-order valence-electron chi connectivity index (χ3n) is 3.47. The molecule has 0 heterocycles. The summed E-state index contributed by atoms with van der Waals surface area (Å²) in [4.78, 5) is 11.4. The number of hydrogen-bond donors (Lipinski definition) is 2. The molecule has 1 aliphatic carbocycles. The first kappa shape index (κ1) is 13.5. The minimum atomic E-state index is -0.890. The van der Waals surface area contributed by atoms with Crippen molar-refractivity contribution in [2.24, 2.45) is 17.6 Å². The zero-order valence-corrected chi connectivity index (χ0v) is 10.2. The summed E-state index contributed by atoms with van der Waals surface area (Å²) in [6.45, 7) is 4.26. The van der Waals surface area contributed by atoms with Crippen molar-refractivity contribution in [1.82, 2.24) is 0 Å². The third kappa shape index (κ3) is 3.46. The van der Waals surface area contributed by atoms with Crippen LogP contribution in [0.25, 0.3) is 0 Å². The van der Waals surface area contributed by atoms with Crippen molar-refractivity contribution in [3.63, 3.8) is 0 Å². The van der Waals surface area contributed by atoms with Crippen molar-refractivity contribution in [2.45, 2.75) is 51.7 Å². The van der Waals surface area contributed by atoms with Gasteiger partial charge in [-0.25, -0.2) is 0 Å². The van der Waals surface area contributed by atoms with Crippen LogP contribution in [0.5, 0.6) is 0 Å². The molecule has 0 spiro atoms. The molecule has 0 aromatic rings. The number of carbonyl (C=O) groups excluding carboxylic acids is 1. The van der Waals surface area contributed by atoms with E-state index in [1.54, 1.807) is 6.92 Å². The Morgan fingerprint density at radius 2 is 2.00 bits per heavy atom. The monoisotopic (exact) mass is 229 g/mol. The van der Waals surface area contributed by atoms with Crippen LogP contribution in [0.15, 0.2) is 0 Å². The lowest BCUT2D eigenvalue weighted by Crippen LogP contribution is -2.47. The highest BCUT2D eigenvalue weighted by Crippen LogP contribution is 2.31. The molecular formula is C12H23NO3. The van der Waals surface area contributed by atoms with E-state index in [-0.39, 0.29) is 5.92 Å². The summed E-state index contributed by atoms with van der Waals surface area (Å²) in [5.74, 6) is 0.381. The number of ether oxygens (including phenoxy) is 1. The Hall–Kier alpha value is -0.610. The summed E-state index contributed by atoms with van der Waals surface area (Å²) in [5.41, 5.74) is 5.69. The summed E-state index contributed by atoms with van der Waals surface area (Å²) in [5, 5.41) is 10.00. The van der Waals surface area contributed by atoms with Crippen molar-refractivity contribution >= 4 is 5.97 Å². The fraction of sp³-hybridized carbons (Fsp3) is 0.917. The lowest BCUT2D eigenvalue weighted by molar-refractivity contribution is -0.148. The van der Waals surface area contributed by atoms with Crippen LogP contribution in [0.1, 0.15) is 39.5 Å². The van der Waals surface area contributed by atoms with Crippen LogP contribution >= 0.6 is 0 Å². The van der Waals surface area contributed by atoms with Gasteiger partial charge in [-0.05, 0) is 31.6 Å². The molecule has 2 atom stereocenters. The summed E-state index contributed by atoms with van der Waals surface area (Å²) in [6, 6.07) is -0.890. The van der Waals surface area contributed by atoms with Crippen LogP contribution in [-0.4, -0.2) is 29.8 Å². The van der Waals surface area contributed by atoms with E-state index in [4.69, 9.17) is 10.5 Å². The maximum atomic E-state index is 11.4. The Bertz CT molecular complexity index is 224. The van der Waals surface area contributed by atoms with Gasteiger partial charge in [0.05, 0.1) is 12.7 Å². The average molecular weight is 229 g/mol. The van der Waals surface area contributed by atoms with Gasteiger partial charge in [0.1, 0.15) is 6.04 Å². The topological polar surface area (TPSA) is 72.5 Å². The van der Waals surface area contributed by atoms with Gasteiger partial charge in [0, 0.05) is 0 Å². The Morgan fingerprint density at radius 3 is 2.50 bits per heavy atom. The van der Waals surface area contributed by atoms with E-state index in [0.29, 0.717) is 6.61 Å². The van der Waals surface area contributed by atoms with Gasteiger partial charge < -0.3 is 15.6 Å². The molecule has 3 N–H and O–H groups in total. The molecule has 1 saturated carbocycles. The lowest BCUT2D eigenvalue weighted by atomic mass is 9.78. The van der Waals surface area contributed by atoms with E-state index in [0.717, 1.165) is 31.6 Å². The molecule has 0 saturated heterocycles. The molecule has 4 heteroatoms. The SMILES string of the molecule is CCOC(=O)C(N)C(O)C1CCC(C)CC1. The number of nitrogens with two attached hydrogens (primary N) is 1. The van der Waals surface area contributed by atoms with Gasteiger partial charge in [-0.2, -0.15) is 0 Å². The Balaban J connectivity index is 2.43. The molecule has 4 nitrogen and oxygen atoms in total. The van der Waals surface area contributed by atoms with E-state index < -0.39 is 18.1 Å². The second-order valence-corrected chi connectivity index (χ2v) is 4.79. The molecular weight excluding hydrogens is 206 g/mol. The minimum absolute atomic E-state index is 0.149. The number of esters is 1. The van der Waals surface area contributed by atoms with Gasteiger partial charge in [0.2, 0.25) is 0 Å². The first-order valence-electron chi connectivity index (χ1n) is 6.16. The Kier molecular flexibility index (Phi) is 5.22. The lowest BCUT2D eigenvalue weighted by Gasteiger charge is -2.31. The molecule has 0 amide bonds. The average Bonchev–Trinajstić information content (AvgIpc) is 2.28. The van der Waals surface area contributed by atoms with Gasteiger partial charge in [0.15, 0.2) is 0 Å². The molecule has 0 aromatic heterocycles. The van der Waals surface area contributed by atoms with Crippen LogP contribution in [0, 0.1) is 11.8 Å². The van der Waals surface area contributed by atoms with Crippen molar-refractivity contribution in [1.29, 1.82) is 0 Å². The third-order valence-corrected chi connectivity index (χ3v) is 3.47. The van der Waals surface area contributed by atoms with Gasteiger partial charge >= 0.3 is 5.97 Å². The predicted octanol–water partition coefficient (Wildman–Crippen LogP) is 1.06. The summed E-state index contributed by atoms with van der Waals surface area (Å²) < 4.78 is 4.81. The maximum absolute atomic E-state index is 11.4. The van der Waals surface area contributed by atoms with Crippen LogP contribution in [0.4, 0.5) is 0 Å². The molecule has 0 radical (unpaired) electrons. The van der Waals surface area contributed by atoms with Gasteiger partial charge in [-0.15, -0.1) is 0 Å². The zero-order valence-electron chi connectivity index (χ0n) is 10.2. The largest absolute Gasteiger partial charge is 0.465 e. The maximum Gasteiger partial charge on any atom is 0.325 e. The molecule has 0 bridgehead atoms. The van der Waals surface area contributed by atoms with E-state index in [1.807, 2.05) is 0 Å². The van der Waals surface area contributed by atoms with Crippen molar-refractivity contribution in [3.05, 3.63) is 0 Å². The van der Waals surface area contributed by atoms with E-state index in [1.165, 1.54) is 0 Å². The Morgan fingerprint density at radius 1 is 1.44 bits per heavy atom. The number of carbonyl (C=O) groups is 1. The molecule has 0 aromatic carbocycles. The standard InChI is InChI=1S/C12H23NO3/c1-3-16-12(15)10(13)11(14)9-6-4-8(2)5-7-9/h8-11,14H,3-7,13H2,1-2H3. The summed E-state index contributed by atoms with van der Waals surface area (Å²) in [6.07, 6.45) is 3.37. The van der Waals surface area contributed by atoms with Crippen LogP contribution in [0.3, 0.4) is 0 Å². The number of aliphatic hydroxyl groups excluding tert-OH is 1. The van der Waals surface area contributed by atoms with Gasteiger partial charge in [-0.3, -0.25) is 4.79 Å². The normalized spacial score (nSPS) is 29.5. The Labute approximate surface area is 97.2 Å². The highest BCUT2D eigenvalue weighted by Gasteiger charge is 2.32. The second kappa shape index (κ2) is 6.21. The molecule has 94 valence electrons. The molecule has 16 heavy (non-hydrogen) atoms. The van der Waals surface area contributed by atoms with Gasteiger partial charge in [0.25, 0.3) is 0 Å². The smallest absolute Gasteiger partial charge is 0.325 e. The van der Waals surface area contributed by atoms with Crippen molar-refractivity contribution in [2.75, 3.05) is 6.61 Å². The van der Waals surface area contributed by atoms with E-state index >= 15 is 0 Å². The minimum Gasteiger partial charge on any atom is -0.465 e. The first-order chi connectivity index (χ1) is 7.56. The molecule has 1 fully saturated rings. The molecule has 0 aliphatic heterocycles. The van der Waals surface area contributed by atoms with Crippen molar-refractivity contribution in [3.8, 4) is 0 Å². The van der Waals surface area contributed by atoms with Crippen LogP contribution in [-0.2, 0) is 9.53 Å². The number of aliphatic hydroxyl groups is 1.